The Labute approximate surface area is 64.6 Å². The van der Waals surface area contributed by atoms with Crippen molar-refractivity contribution in [3.63, 3.8) is 0 Å². The predicted molar refractivity (Wildman–Crippen MR) is 45.6 cm³/mol. The van der Waals surface area contributed by atoms with Crippen LogP contribution in [0.4, 0.5) is 10.8 Å². The summed E-state index contributed by atoms with van der Waals surface area (Å²) < 4.78 is 4.02. The molecule has 0 bridgehead atoms. The number of hydrogen-bond acceptors (Lipinski definition) is 4. The Morgan fingerprint density at radius 1 is 1.50 bits per heavy atom. The third-order valence-corrected chi connectivity index (χ3v) is 2.47. The van der Waals surface area contributed by atoms with Gasteiger partial charge in [0.2, 0.25) is 0 Å². The minimum Gasteiger partial charge on any atom is -0.383 e. The molecule has 1 aromatic rings. The van der Waals surface area contributed by atoms with Crippen molar-refractivity contribution < 1.29 is 0 Å². The van der Waals surface area contributed by atoms with E-state index in [9.17, 15) is 0 Å². The fraction of sp³-hybridized carbons (Fsp3) is 0.500. The fourth-order valence-electron chi connectivity index (χ4n) is 0.756. The van der Waals surface area contributed by atoms with Crippen molar-refractivity contribution in [2.24, 2.45) is 0 Å². The molecule has 1 heterocycles. The average molecular weight is 157 g/mol. The molecule has 0 aliphatic carbocycles. The van der Waals surface area contributed by atoms with Gasteiger partial charge in [-0.25, -0.2) is 0 Å². The van der Waals surface area contributed by atoms with E-state index in [0.717, 1.165) is 10.6 Å². The molecule has 0 saturated carbocycles. The van der Waals surface area contributed by atoms with Gasteiger partial charge in [-0.2, -0.15) is 4.37 Å². The van der Waals surface area contributed by atoms with Crippen molar-refractivity contribution in [2.75, 3.05) is 24.7 Å². The second-order valence-electron chi connectivity index (χ2n) is 2.39. The van der Waals surface area contributed by atoms with Crippen LogP contribution < -0.4 is 10.6 Å². The van der Waals surface area contributed by atoms with Crippen molar-refractivity contribution in [2.45, 2.75) is 6.92 Å². The van der Waals surface area contributed by atoms with Gasteiger partial charge in [-0.05, 0) is 18.5 Å². The van der Waals surface area contributed by atoms with Crippen molar-refractivity contribution in [3.8, 4) is 0 Å². The first-order valence-electron chi connectivity index (χ1n) is 3.02. The Bertz CT molecular complexity index is 229. The highest BCUT2D eigenvalue weighted by Crippen LogP contribution is 2.27. The molecule has 0 unspecified atom stereocenters. The zero-order valence-corrected chi connectivity index (χ0v) is 7.20. The fourth-order valence-corrected chi connectivity index (χ4v) is 1.48. The average Bonchev–Trinajstić information content (AvgIpc) is 2.14. The second-order valence-corrected chi connectivity index (χ2v) is 3.14. The molecule has 2 N–H and O–H groups in total. The lowest BCUT2D eigenvalue weighted by atomic mass is 10.3. The van der Waals surface area contributed by atoms with Crippen LogP contribution in [0.15, 0.2) is 0 Å². The Balaban J connectivity index is 3.05. The lowest BCUT2D eigenvalue weighted by Crippen LogP contribution is -2.07. The summed E-state index contributed by atoms with van der Waals surface area (Å²) in [5, 5.41) is 1.14. The summed E-state index contributed by atoms with van der Waals surface area (Å²) in [5.41, 5.74) is 6.63. The van der Waals surface area contributed by atoms with Gasteiger partial charge in [0.1, 0.15) is 10.8 Å². The van der Waals surface area contributed by atoms with Gasteiger partial charge in [0, 0.05) is 19.7 Å². The Kier molecular flexibility index (Phi) is 1.80. The van der Waals surface area contributed by atoms with Crippen LogP contribution in [-0.4, -0.2) is 18.5 Å². The molecular formula is C6H11N3S. The van der Waals surface area contributed by atoms with E-state index in [4.69, 9.17) is 5.73 Å². The van der Waals surface area contributed by atoms with Gasteiger partial charge in [-0.3, -0.25) is 0 Å². The van der Waals surface area contributed by atoms with E-state index in [1.165, 1.54) is 11.5 Å². The molecule has 1 aromatic heterocycles. The number of anilines is 2. The quantitative estimate of drug-likeness (QED) is 0.663. The van der Waals surface area contributed by atoms with Crippen LogP contribution in [0.5, 0.6) is 0 Å². The van der Waals surface area contributed by atoms with E-state index < -0.39 is 0 Å². The molecule has 0 radical (unpaired) electrons. The SMILES string of the molecule is Cc1c(N)nsc1N(C)C. The first-order valence-corrected chi connectivity index (χ1v) is 3.79. The summed E-state index contributed by atoms with van der Waals surface area (Å²) in [4.78, 5) is 2.02. The molecule has 0 aromatic carbocycles. The van der Waals surface area contributed by atoms with Crippen LogP contribution in [0.2, 0.25) is 0 Å². The number of aromatic nitrogens is 1. The largest absolute Gasteiger partial charge is 0.383 e. The van der Waals surface area contributed by atoms with Crippen LogP contribution in [-0.2, 0) is 0 Å². The first-order chi connectivity index (χ1) is 4.63. The number of nitrogens with zero attached hydrogens (tertiary/aromatic N) is 2. The maximum atomic E-state index is 5.55. The van der Waals surface area contributed by atoms with E-state index in [2.05, 4.69) is 4.37 Å². The lowest BCUT2D eigenvalue weighted by molar-refractivity contribution is 1.14. The maximum absolute atomic E-state index is 5.55. The molecule has 4 heteroatoms. The first kappa shape index (κ1) is 7.34. The van der Waals surface area contributed by atoms with Crippen LogP contribution in [0, 0.1) is 6.92 Å². The predicted octanol–water partition coefficient (Wildman–Crippen LogP) is 1.10. The molecule has 10 heavy (non-hydrogen) atoms. The summed E-state index contributed by atoms with van der Waals surface area (Å²) in [6.07, 6.45) is 0. The highest BCUT2D eigenvalue weighted by molar-refractivity contribution is 7.10. The Morgan fingerprint density at radius 3 is 2.30 bits per heavy atom. The molecule has 3 nitrogen and oxygen atoms in total. The van der Waals surface area contributed by atoms with Crippen LogP contribution in [0.25, 0.3) is 0 Å². The molecule has 0 fully saturated rings. The third kappa shape index (κ3) is 1.07. The van der Waals surface area contributed by atoms with Gasteiger partial charge in [0.05, 0.1) is 0 Å². The molecule has 0 spiro atoms. The maximum Gasteiger partial charge on any atom is 0.142 e. The minimum absolute atomic E-state index is 0.647. The number of nitrogen functional groups attached to an aromatic ring is 1. The Morgan fingerprint density at radius 2 is 2.10 bits per heavy atom. The normalized spacial score (nSPS) is 9.90. The van der Waals surface area contributed by atoms with Crippen LogP contribution in [0.1, 0.15) is 5.56 Å². The van der Waals surface area contributed by atoms with Gasteiger partial charge in [-0.1, -0.05) is 0 Å². The topological polar surface area (TPSA) is 42.1 Å². The van der Waals surface area contributed by atoms with Crippen molar-refractivity contribution in [3.05, 3.63) is 5.56 Å². The molecular weight excluding hydrogens is 146 g/mol. The molecule has 0 saturated heterocycles. The molecule has 0 aliphatic heterocycles. The third-order valence-electron chi connectivity index (χ3n) is 1.34. The molecule has 1 rings (SSSR count). The van der Waals surface area contributed by atoms with Gasteiger partial charge in [0.25, 0.3) is 0 Å². The zero-order valence-electron chi connectivity index (χ0n) is 6.38. The number of rotatable bonds is 1. The van der Waals surface area contributed by atoms with Gasteiger partial charge < -0.3 is 10.6 Å². The van der Waals surface area contributed by atoms with E-state index in [1.54, 1.807) is 0 Å². The highest BCUT2D eigenvalue weighted by atomic mass is 32.1. The summed E-state index contributed by atoms with van der Waals surface area (Å²) in [6, 6.07) is 0. The summed E-state index contributed by atoms with van der Waals surface area (Å²) in [6.45, 7) is 1.98. The minimum atomic E-state index is 0.647. The number of hydrogen-bond donors (Lipinski definition) is 1. The summed E-state index contributed by atoms with van der Waals surface area (Å²) in [5.74, 6) is 0.647. The van der Waals surface area contributed by atoms with Crippen molar-refractivity contribution in [1.29, 1.82) is 0 Å². The second kappa shape index (κ2) is 2.46. The van der Waals surface area contributed by atoms with E-state index in [0.29, 0.717) is 5.82 Å². The number of nitrogens with two attached hydrogens (primary N) is 1. The Hall–Kier alpha value is -0.770. The molecule has 0 aliphatic rings. The molecule has 0 amide bonds. The highest BCUT2D eigenvalue weighted by Gasteiger charge is 2.06. The monoisotopic (exact) mass is 157 g/mol. The molecule has 56 valence electrons. The molecule has 0 atom stereocenters. The van der Waals surface area contributed by atoms with Gasteiger partial charge >= 0.3 is 0 Å². The van der Waals surface area contributed by atoms with E-state index in [1.807, 2.05) is 25.9 Å². The van der Waals surface area contributed by atoms with Crippen LogP contribution >= 0.6 is 11.5 Å². The van der Waals surface area contributed by atoms with E-state index >= 15 is 0 Å². The van der Waals surface area contributed by atoms with Crippen molar-refractivity contribution >= 4 is 22.4 Å². The summed E-state index contributed by atoms with van der Waals surface area (Å²) in [7, 11) is 3.97. The van der Waals surface area contributed by atoms with Gasteiger partial charge in [-0.15, -0.1) is 0 Å². The lowest BCUT2D eigenvalue weighted by Gasteiger charge is -2.08. The smallest absolute Gasteiger partial charge is 0.142 e. The standard InChI is InChI=1S/C6H11N3S/c1-4-5(7)8-10-6(4)9(2)3/h1-3H3,(H2,7,8). The zero-order chi connectivity index (χ0) is 7.72. The summed E-state index contributed by atoms with van der Waals surface area (Å²) >= 11 is 1.44. The van der Waals surface area contributed by atoms with Crippen LogP contribution in [0.3, 0.4) is 0 Å². The van der Waals surface area contributed by atoms with Gasteiger partial charge in [0.15, 0.2) is 0 Å². The van der Waals surface area contributed by atoms with Crippen molar-refractivity contribution in [1.82, 2.24) is 4.37 Å². The van der Waals surface area contributed by atoms with E-state index in [-0.39, 0.29) is 0 Å².